The Bertz CT molecular complexity index is 1310. The SMILES string of the molecule is CCOc1cc(CN2CC3(CC(c4ccccc4C(=O)O)=NO3)C2)cc(OCC)c1-c1ccc(F)cc1. The average molecular weight is 505 g/mol. The highest BCUT2D eigenvalue weighted by atomic mass is 19.1. The molecule has 2 aliphatic rings. The summed E-state index contributed by atoms with van der Waals surface area (Å²) >= 11 is 0. The van der Waals surface area contributed by atoms with Crippen LogP contribution in [0.5, 0.6) is 11.5 Å². The first-order valence-corrected chi connectivity index (χ1v) is 12.4. The molecule has 0 radical (unpaired) electrons. The molecule has 0 aromatic heterocycles. The van der Waals surface area contributed by atoms with Gasteiger partial charge in [0.15, 0.2) is 5.60 Å². The Morgan fingerprint density at radius 1 is 1.05 bits per heavy atom. The van der Waals surface area contributed by atoms with Crippen molar-refractivity contribution in [1.29, 1.82) is 0 Å². The van der Waals surface area contributed by atoms with E-state index >= 15 is 0 Å². The summed E-state index contributed by atoms with van der Waals surface area (Å²) in [6, 6.07) is 17.2. The highest BCUT2D eigenvalue weighted by Gasteiger charge is 2.50. The van der Waals surface area contributed by atoms with Crippen LogP contribution in [0.3, 0.4) is 0 Å². The molecule has 2 heterocycles. The zero-order valence-electron chi connectivity index (χ0n) is 20.9. The van der Waals surface area contributed by atoms with Crippen LogP contribution in [0.1, 0.15) is 41.8 Å². The van der Waals surface area contributed by atoms with Gasteiger partial charge in [0, 0.05) is 31.6 Å². The van der Waals surface area contributed by atoms with E-state index in [1.165, 1.54) is 12.1 Å². The Morgan fingerprint density at radius 2 is 1.70 bits per heavy atom. The van der Waals surface area contributed by atoms with Crippen molar-refractivity contribution in [1.82, 2.24) is 4.90 Å². The predicted octanol–water partition coefficient (Wildman–Crippen LogP) is 5.37. The van der Waals surface area contributed by atoms with E-state index in [9.17, 15) is 14.3 Å². The summed E-state index contributed by atoms with van der Waals surface area (Å²) in [7, 11) is 0. The molecule has 192 valence electrons. The first-order chi connectivity index (χ1) is 17.9. The fourth-order valence-corrected chi connectivity index (χ4v) is 5.07. The number of hydrogen-bond donors (Lipinski definition) is 1. The van der Waals surface area contributed by atoms with E-state index in [4.69, 9.17) is 14.3 Å². The average Bonchev–Trinajstić information content (AvgIpc) is 3.31. The second-order valence-corrected chi connectivity index (χ2v) is 9.32. The Kier molecular flexibility index (Phi) is 6.84. The normalized spacial score (nSPS) is 16.1. The smallest absolute Gasteiger partial charge is 0.336 e. The van der Waals surface area contributed by atoms with Crippen molar-refractivity contribution in [2.45, 2.75) is 32.4 Å². The molecule has 0 bridgehead atoms. The van der Waals surface area contributed by atoms with E-state index in [0.29, 0.717) is 62.0 Å². The van der Waals surface area contributed by atoms with Gasteiger partial charge in [-0.3, -0.25) is 4.90 Å². The maximum Gasteiger partial charge on any atom is 0.336 e. The summed E-state index contributed by atoms with van der Waals surface area (Å²) < 4.78 is 25.5. The first kappa shape index (κ1) is 24.8. The summed E-state index contributed by atoms with van der Waals surface area (Å²) in [5.41, 5.74) is 3.72. The minimum atomic E-state index is -0.978. The molecule has 0 atom stereocenters. The van der Waals surface area contributed by atoms with Gasteiger partial charge in [0.25, 0.3) is 0 Å². The van der Waals surface area contributed by atoms with Crippen molar-refractivity contribution in [3.8, 4) is 22.6 Å². The van der Waals surface area contributed by atoms with Crippen molar-refractivity contribution >= 4 is 11.7 Å². The van der Waals surface area contributed by atoms with Crippen molar-refractivity contribution in [3.05, 3.63) is 83.2 Å². The molecule has 0 saturated carbocycles. The quantitative estimate of drug-likeness (QED) is 0.422. The van der Waals surface area contributed by atoms with Crippen LogP contribution in [0, 0.1) is 5.82 Å². The Hall–Kier alpha value is -3.91. The lowest BCUT2D eigenvalue weighted by atomic mass is 9.86. The molecular formula is C29H29FN2O5. The number of nitrogens with zero attached hydrogens (tertiary/aromatic N) is 2. The second kappa shape index (κ2) is 10.2. The molecule has 7 nitrogen and oxygen atoms in total. The van der Waals surface area contributed by atoms with E-state index < -0.39 is 11.6 Å². The van der Waals surface area contributed by atoms with Crippen LogP contribution in [-0.2, 0) is 11.4 Å². The van der Waals surface area contributed by atoms with Crippen LogP contribution < -0.4 is 9.47 Å². The van der Waals surface area contributed by atoms with Gasteiger partial charge < -0.3 is 19.4 Å². The van der Waals surface area contributed by atoms with E-state index in [1.807, 2.05) is 32.0 Å². The van der Waals surface area contributed by atoms with E-state index in [0.717, 1.165) is 16.7 Å². The molecule has 0 unspecified atom stereocenters. The number of carboxylic acids is 1. The number of hydrogen-bond acceptors (Lipinski definition) is 6. The van der Waals surface area contributed by atoms with E-state index in [1.54, 1.807) is 30.3 Å². The highest BCUT2D eigenvalue weighted by molar-refractivity contribution is 6.09. The number of oxime groups is 1. The van der Waals surface area contributed by atoms with E-state index in [2.05, 4.69) is 10.1 Å². The minimum Gasteiger partial charge on any atom is -0.493 e. The Morgan fingerprint density at radius 3 is 2.32 bits per heavy atom. The summed E-state index contributed by atoms with van der Waals surface area (Å²) in [5.74, 6) is 0.112. The molecule has 3 aromatic rings. The number of rotatable bonds is 9. The van der Waals surface area contributed by atoms with Crippen LogP contribution in [-0.4, -0.2) is 53.6 Å². The largest absolute Gasteiger partial charge is 0.493 e. The maximum absolute atomic E-state index is 13.5. The molecule has 1 fully saturated rings. The number of carboxylic acid groups (broad SMARTS) is 1. The predicted molar refractivity (Wildman–Crippen MR) is 138 cm³/mol. The van der Waals surface area contributed by atoms with Gasteiger partial charge in [-0.05, 0) is 55.3 Å². The summed E-state index contributed by atoms with van der Waals surface area (Å²) in [5, 5.41) is 13.8. The fourth-order valence-electron chi connectivity index (χ4n) is 5.07. The van der Waals surface area contributed by atoms with Crippen molar-refractivity contribution in [3.63, 3.8) is 0 Å². The zero-order valence-corrected chi connectivity index (χ0v) is 20.9. The second-order valence-electron chi connectivity index (χ2n) is 9.32. The van der Waals surface area contributed by atoms with Gasteiger partial charge in [0.2, 0.25) is 0 Å². The zero-order chi connectivity index (χ0) is 26.0. The molecule has 1 spiro atoms. The molecular weight excluding hydrogens is 475 g/mol. The van der Waals surface area contributed by atoms with Crippen LogP contribution in [0.4, 0.5) is 4.39 Å². The fraction of sp³-hybridized carbons (Fsp3) is 0.310. The molecule has 1 saturated heterocycles. The summed E-state index contributed by atoms with van der Waals surface area (Å²) in [4.78, 5) is 19.7. The molecule has 2 aliphatic heterocycles. The Labute approximate surface area is 215 Å². The standard InChI is InChI=1S/C29H29FN2O5/c1-3-35-25-13-19(14-26(36-4-2)27(25)20-9-11-21(30)12-10-20)16-32-17-29(18-32)15-24(31-37-29)22-7-5-6-8-23(22)28(33)34/h5-14H,3-4,15-18H2,1-2H3,(H,33,34). The summed E-state index contributed by atoms with van der Waals surface area (Å²) in [6.07, 6.45) is 0.561. The Balaban J connectivity index is 1.32. The minimum absolute atomic E-state index is 0.228. The molecule has 37 heavy (non-hydrogen) atoms. The molecule has 3 aromatic carbocycles. The molecule has 1 N–H and O–H groups in total. The third kappa shape index (κ3) is 5.02. The number of likely N-dealkylation sites (tertiary alicyclic amines) is 1. The van der Waals surface area contributed by atoms with Crippen molar-refractivity contribution in [2.24, 2.45) is 5.16 Å². The van der Waals surface area contributed by atoms with Crippen LogP contribution in [0.25, 0.3) is 11.1 Å². The van der Waals surface area contributed by atoms with Gasteiger partial charge in [0.05, 0.1) is 30.1 Å². The molecule has 5 rings (SSSR count). The van der Waals surface area contributed by atoms with Gasteiger partial charge in [-0.1, -0.05) is 35.5 Å². The topological polar surface area (TPSA) is 80.6 Å². The van der Waals surface area contributed by atoms with Crippen molar-refractivity contribution < 1.29 is 28.6 Å². The van der Waals surface area contributed by atoms with Gasteiger partial charge in [-0.2, -0.15) is 0 Å². The number of aromatic carboxylic acids is 1. The molecule has 8 heteroatoms. The summed E-state index contributed by atoms with van der Waals surface area (Å²) in [6.45, 7) is 6.84. The molecule has 0 aliphatic carbocycles. The number of ether oxygens (including phenoxy) is 2. The third-order valence-corrected chi connectivity index (χ3v) is 6.60. The van der Waals surface area contributed by atoms with Crippen LogP contribution >= 0.6 is 0 Å². The van der Waals surface area contributed by atoms with Gasteiger partial charge >= 0.3 is 5.97 Å². The van der Waals surface area contributed by atoms with E-state index in [-0.39, 0.29) is 11.4 Å². The van der Waals surface area contributed by atoms with Crippen LogP contribution in [0.15, 0.2) is 65.8 Å². The third-order valence-electron chi connectivity index (χ3n) is 6.60. The lowest BCUT2D eigenvalue weighted by Crippen LogP contribution is -2.61. The monoisotopic (exact) mass is 504 g/mol. The number of halogens is 1. The molecule has 0 amide bonds. The maximum atomic E-state index is 13.5. The highest BCUT2D eigenvalue weighted by Crippen LogP contribution is 2.42. The van der Waals surface area contributed by atoms with Gasteiger partial charge in [-0.25, -0.2) is 9.18 Å². The number of carbonyl (C=O) groups is 1. The van der Waals surface area contributed by atoms with Crippen LogP contribution in [0.2, 0.25) is 0 Å². The lowest BCUT2D eigenvalue weighted by Gasteiger charge is -2.45. The number of benzene rings is 3. The van der Waals surface area contributed by atoms with Crippen molar-refractivity contribution in [2.75, 3.05) is 26.3 Å². The lowest BCUT2D eigenvalue weighted by molar-refractivity contribution is -0.128. The van der Waals surface area contributed by atoms with Gasteiger partial charge in [0.1, 0.15) is 17.3 Å². The van der Waals surface area contributed by atoms with Gasteiger partial charge in [-0.15, -0.1) is 0 Å². The first-order valence-electron chi connectivity index (χ1n) is 12.4.